The van der Waals surface area contributed by atoms with Gasteiger partial charge in [0, 0.05) is 18.3 Å². The number of rotatable bonds is 8. The van der Waals surface area contributed by atoms with E-state index in [0.29, 0.717) is 28.9 Å². The van der Waals surface area contributed by atoms with Gasteiger partial charge in [-0.25, -0.2) is 0 Å². The van der Waals surface area contributed by atoms with Gasteiger partial charge in [0.25, 0.3) is 5.91 Å². The van der Waals surface area contributed by atoms with Gasteiger partial charge in [0.15, 0.2) is 0 Å². The van der Waals surface area contributed by atoms with Crippen LogP contribution in [0, 0.1) is 17.8 Å². The van der Waals surface area contributed by atoms with E-state index in [1.165, 1.54) is 19.3 Å². The van der Waals surface area contributed by atoms with Gasteiger partial charge in [-0.15, -0.1) is 0 Å². The van der Waals surface area contributed by atoms with Crippen LogP contribution in [0.15, 0.2) is 23.1 Å². The first-order valence-corrected chi connectivity index (χ1v) is 12.6. The highest BCUT2D eigenvalue weighted by Crippen LogP contribution is 2.55. The van der Waals surface area contributed by atoms with Gasteiger partial charge < -0.3 is 19.4 Å². The Bertz CT molecular complexity index is 1080. The average Bonchev–Trinajstić information content (AvgIpc) is 2.78. The van der Waals surface area contributed by atoms with E-state index in [0.717, 1.165) is 56.3 Å². The molecule has 1 N–H and O–H groups in total. The zero-order chi connectivity index (χ0) is 23.2. The molecule has 178 valence electrons. The summed E-state index contributed by atoms with van der Waals surface area (Å²) in [5.41, 5.74) is 0.485. The van der Waals surface area contributed by atoms with Crippen molar-refractivity contribution in [2.45, 2.75) is 76.8 Å². The third-order valence-corrected chi connectivity index (χ3v) is 8.25. The summed E-state index contributed by atoms with van der Waals surface area (Å²) in [6.07, 6.45) is 12.0. The second-order valence-electron chi connectivity index (χ2n) is 10.6. The van der Waals surface area contributed by atoms with Crippen molar-refractivity contribution in [2.75, 3.05) is 14.2 Å². The molecule has 0 saturated heterocycles. The first kappa shape index (κ1) is 22.3. The molecular weight excluding hydrogens is 416 g/mol. The fourth-order valence-corrected chi connectivity index (χ4v) is 7.25. The number of amides is 1. The van der Waals surface area contributed by atoms with Crippen LogP contribution in [-0.2, 0) is 6.54 Å². The molecule has 6 heteroatoms. The maximum absolute atomic E-state index is 13.7. The van der Waals surface area contributed by atoms with Crippen LogP contribution >= 0.6 is 0 Å². The average molecular weight is 453 g/mol. The van der Waals surface area contributed by atoms with Crippen LogP contribution < -0.4 is 20.2 Å². The predicted octanol–water partition coefficient (Wildman–Crippen LogP) is 4.91. The Morgan fingerprint density at radius 2 is 1.64 bits per heavy atom. The summed E-state index contributed by atoms with van der Waals surface area (Å²) in [4.78, 5) is 27.3. The smallest absolute Gasteiger partial charge is 0.257 e. The molecule has 0 spiro atoms. The third-order valence-electron chi connectivity index (χ3n) is 8.25. The summed E-state index contributed by atoms with van der Waals surface area (Å²) in [6, 6.07) is 3.58. The number of carbonyl (C=O) groups is 1. The predicted molar refractivity (Wildman–Crippen MR) is 129 cm³/mol. The Kier molecular flexibility index (Phi) is 5.87. The molecule has 4 saturated carbocycles. The molecule has 6 nitrogen and oxygen atoms in total. The van der Waals surface area contributed by atoms with Gasteiger partial charge in [-0.3, -0.25) is 9.59 Å². The zero-order valence-electron chi connectivity index (χ0n) is 20.1. The van der Waals surface area contributed by atoms with Crippen LogP contribution in [0.2, 0.25) is 0 Å². The second-order valence-corrected chi connectivity index (χ2v) is 10.6. The number of aromatic nitrogens is 1. The fourth-order valence-electron chi connectivity index (χ4n) is 7.25. The highest BCUT2D eigenvalue weighted by Gasteiger charge is 2.51. The number of ether oxygens (including phenoxy) is 2. The van der Waals surface area contributed by atoms with Crippen LogP contribution in [0.4, 0.5) is 0 Å². The van der Waals surface area contributed by atoms with Crippen molar-refractivity contribution in [1.29, 1.82) is 0 Å². The van der Waals surface area contributed by atoms with E-state index in [1.54, 1.807) is 26.5 Å². The van der Waals surface area contributed by atoms with Gasteiger partial charge in [0.1, 0.15) is 17.1 Å². The minimum absolute atomic E-state index is 0.140. The third kappa shape index (κ3) is 3.91. The molecule has 0 radical (unpaired) electrons. The van der Waals surface area contributed by atoms with Crippen molar-refractivity contribution >= 4 is 16.8 Å². The van der Waals surface area contributed by atoms with Gasteiger partial charge >= 0.3 is 0 Å². The maximum atomic E-state index is 13.7. The number of aryl methyl sites for hydroxylation is 1. The second kappa shape index (κ2) is 8.69. The molecule has 0 aliphatic heterocycles. The van der Waals surface area contributed by atoms with Crippen LogP contribution in [0.25, 0.3) is 10.9 Å². The Morgan fingerprint density at radius 1 is 1.03 bits per heavy atom. The molecule has 1 heterocycles. The Morgan fingerprint density at radius 3 is 2.21 bits per heavy atom. The molecule has 4 aliphatic rings. The maximum Gasteiger partial charge on any atom is 0.257 e. The molecule has 6 rings (SSSR count). The SMILES string of the molecule is CCCCCn1cc(C(=O)NC23CC4CC(CC(C4)C2)C3)c(=O)c2c(OC)ccc(OC)c21. The van der Waals surface area contributed by atoms with Crippen molar-refractivity contribution in [2.24, 2.45) is 17.8 Å². The van der Waals surface area contributed by atoms with E-state index < -0.39 is 0 Å². The van der Waals surface area contributed by atoms with E-state index in [1.807, 2.05) is 10.6 Å². The van der Waals surface area contributed by atoms with Crippen molar-refractivity contribution in [3.63, 3.8) is 0 Å². The molecule has 1 amide bonds. The lowest BCUT2D eigenvalue weighted by Crippen LogP contribution is -2.60. The summed E-state index contributed by atoms with van der Waals surface area (Å²) in [6.45, 7) is 2.88. The first-order chi connectivity index (χ1) is 16.0. The van der Waals surface area contributed by atoms with E-state index in [4.69, 9.17) is 9.47 Å². The standard InChI is InChI=1S/C27H36N2O4/c1-4-5-6-9-29-16-20(25(30)23-21(32-2)7-8-22(33-3)24(23)29)26(31)28-27-13-17-10-18(14-27)12-19(11-17)15-27/h7-8,16-19H,4-6,9-15H2,1-3H3,(H,28,31). The minimum Gasteiger partial charge on any atom is -0.496 e. The van der Waals surface area contributed by atoms with Gasteiger partial charge in [0.05, 0.1) is 25.1 Å². The summed E-state index contributed by atoms with van der Waals surface area (Å²) >= 11 is 0. The molecule has 33 heavy (non-hydrogen) atoms. The highest BCUT2D eigenvalue weighted by molar-refractivity contribution is 6.00. The van der Waals surface area contributed by atoms with Crippen molar-refractivity contribution < 1.29 is 14.3 Å². The molecule has 4 bridgehead atoms. The molecule has 4 fully saturated rings. The van der Waals surface area contributed by atoms with Crippen LogP contribution in [-0.4, -0.2) is 30.2 Å². The number of nitrogens with one attached hydrogen (secondary N) is 1. The van der Waals surface area contributed by atoms with E-state index >= 15 is 0 Å². The molecule has 4 aliphatic carbocycles. The minimum atomic E-state index is -0.283. The zero-order valence-corrected chi connectivity index (χ0v) is 20.1. The summed E-state index contributed by atoms with van der Waals surface area (Å²) in [5.74, 6) is 3.03. The first-order valence-electron chi connectivity index (χ1n) is 12.6. The number of carbonyl (C=O) groups excluding carboxylic acids is 1. The number of pyridine rings is 1. The summed E-state index contributed by atoms with van der Waals surface area (Å²) < 4.78 is 13.2. The topological polar surface area (TPSA) is 69.6 Å². The normalized spacial score (nSPS) is 27.7. The largest absolute Gasteiger partial charge is 0.496 e. The van der Waals surface area contributed by atoms with Crippen LogP contribution in [0.3, 0.4) is 0 Å². The molecule has 1 aromatic heterocycles. The van der Waals surface area contributed by atoms with Gasteiger partial charge in [0.2, 0.25) is 5.43 Å². The van der Waals surface area contributed by atoms with Gasteiger partial charge in [-0.2, -0.15) is 0 Å². The van der Waals surface area contributed by atoms with Crippen molar-refractivity contribution in [3.05, 3.63) is 34.1 Å². The lowest BCUT2D eigenvalue weighted by atomic mass is 9.53. The van der Waals surface area contributed by atoms with E-state index in [-0.39, 0.29) is 22.4 Å². The monoisotopic (exact) mass is 452 g/mol. The molecule has 1 aromatic carbocycles. The molecular formula is C27H36N2O4. The lowest BCUT2D eigenvalue weighted by Gasteiger charge is -2.56. The number of nitrogens with zero attached hydrogens (tertiary/aromatic N) is 1. The van der Waals surface area contributed by atoms with Crippen molar-refractivity contribution in [1.82, 2.24) is 9.88 Å². The lowest BCUT2D eigenvalue weighted by molar-refractivity contribution is -0.0167. The molecule has 0 unspecified atom stereocenters. The summed E-state index contributed by atoms with van der Waals surface area (Å²) in [7, 11) is 3.17. The Labute approximate surface area is 195 Å². The van der Waals surface area contributed by atoms with E-state index in [2.05, 4.69) is 12.2 Å². The van der Waals surface area contributed by atoms with Crippen LogP contribution in [0.5, 0.6) is 11.5 Å². The Hall–Kier alpha value is -2.50. The quantitative estimate of drug-likeness (QED) is 0.578. The van der Waals surface area contributed by atoms with Crippen LogP contribution in [0.1, 0.15) is 75.1 Å². The molecule has 0 atom stereocenters. The number of fused-ring (bicyclic) bond motifs is 1. The number of hydrogen-bond acceptors (Lipinski definition) is 4. The molecule has 2 aromatic rings. The van der Waals surface area contributed by atoms with Crippen molar-refractivity contribution in [3.8, 4) is 11.5 Å². The number of hydrogen-bond donors (Lipinski definition) is 1. The highest BCUT2D eigenvalue weighted by atomic mass is 16.5. The summed E-state index contributed by atoms with van der Waals surface area (Å²) in [5, 5.41) is 3.81. The number of unbranched alkanes of at least 4 members (excludes halogenated alkanes) is 2. The number of methoxy groups -OCH3 is 2. The fraction of sp³-hybridized carbons (Fsp3) is 0.630. The Balaban J connectivity index is 1.57. The number of benzene rings is 1. The van der Waals surface area contributed by atoms with E-state index in [9.17, 15) is 9.59 Å². The van der Waals surface area contributed by atoms with Gasteiger partial charge in [-0.1, -0.05) is 19.8 Å². The van der Waals surface area contributed by atoms with Gasteiger partial charge in [-0.05, 0) is 74.8 Å².